The minimum absolute atomic E-state index is 0.220. The van der Waals surface area contributed by atoms with Crippen molar-refractivity contribution in [2.45, 2.75) is 31.3 Å². The Morgan fingerprint density at radius 1 is 1.56 bits per heavy atom. The zero-order valence-electron chi connectivity index (χ0n) is 9.44. The SMILES string of the molecule is CN(CC1(O)CCCC1)c1cn[nH]c(=O)c1. The van der Waals surface area contributed by atoms with Crippen LogP contribution in [0.25, 0.3) is 0 Å². The van der Waals surface area contributed by atoms with Crippen molar-refractivity contribution in [1.82, 2.24) is 10.2 Å². The normalized spacial score (nSPS) is 18.6. The van der Waals surface area contributed by atoms with Crippen LogP contribution in [0.3, 0.4) is 0 Å². The lowest BCUT2D eigenvalue weighted by Crippen LogP contribution is -2.39. The number of nitrogens with one attached hydrogen (secondary N) is 1. The van der Waals surface area contributed by atoms with E-state index in [4.69, 9.17) is 0 Å². The Bertz CT molecular complexity index is 410. The third-order valence-electron chi connectivity index (χ3n) is 3.16. The molecule has 1 fully saturated rings. The van der Waals surface area contributed by atoms with Crippen LogP contribution >= 0.6 is 0 Å². The van der Waals surface area contributed by atoms with Gasteiger partial charge in [0.1, 0.15) is 0 Å². The summed E-state index contributed by atoms with van der Waals surface area (Å²) in [6.45, 7) is 0.554. The number of rotatable bonds is 3. The Hall–Kier alpha value is -1.36. The summed E-state index contributed by atoms with van der Waals surface area (Å²) in [5.41, 5.74) is -0.0796. The molecule has 2 rings (SSSR count). The fourth-order valence-corrected chi connectivity index (χ4v) is 2.30. The number of aromatic amines is 1. The Balaban J connectivity index is 2.08. The summed E-state index contributed by atoms with van der Waals surface area (Å²) in [7, 11) is 1.87. The average molecular weight is 223 g/mol. The molecule has 0 bridgehead atoms. The molecule has 0 saturated heterocycles. The van der Waals surface area contributed by atoms with E-state index in [0.29, 0.717) is 6.54 Å². The first-order chi connectivity index (χ1) is 7.59. The molecule has 5 heteroatoms. The summed E-state index contributed by atoms with van der Waals surface area (Å²) < 4.78 is 0. The van der Waals surface area contributed by atoms with Gasteiger partial charge in [-0.15, -0.1) is 0 Å². The van der Waals surface area contributed by atoms with Crippen LogP contribution in [0.1, 0.15) is 25.7 Å². The van der Waals surface area contributed by atoms with Crippen LogP contribution in [0.4, 0.5) is 5.69 Å². The molecule has 1 aliphatic carbocycles. The molecule has 0 atom stereocenters. The molecular weight excluding hydrogens is 206 g/mol. The zero-order chi connectivity index (χ0) is 11.6. The molecule has 88 valence electrons. The van der Waals surface area contributed by atoms with Crippen molar-refractivity contribution in [3.63, 3.8) is 0 Å². The highest BCUT2D eigenvalue weighted by atomic mass is 16.3. The van der Waals surface area contributed by atoms with Crippen LogP contribution < -0.4 is 10.5 Å². The van der Waals surface area contributed by atoms with Crippen molar-refractivity contribution in [2.24, 2.45) is 0 Å². The largest absolute Gasteiger partial charge is 0.388 e. The second-order valence-corrected chi connectivity index (χ2v) is 4.59. The van der Waals surface area contributed by atoms with Gasteiger partial charge in [-0.3, -0.25) is 4.79 Å². The van der Waals surface area contributed by atoms with Gasteiger partial charge in [0.05, 0.1) is 17.5 Å². The minimum Gasteiger partial charge on any atom is -0.388 e. The van der Waals surface area contributed by atoms with Crippen LogP contribution in [0.2, 0.25) is 0 Å². The molecule has 0 amide bonds. The van der Waals surface area contributed by atoms with E-state index in [1.165, 1.54) is 6.07 Å². The lowest BCUT2D eigenvalue weighted by molar-refractivity contribution is 0.0559. The zero-order valence-corrected chi connectivity index (χ0v) is 9.44. The van der Waals surface area contributed by atoms with Gasteiger partial charge in [0.25, 0.3) is 5.56 Å². The summed E-state index contributed by atoms with van der Waals surface area (Å²) >= 11 is 0. The van der Waals surface area contributed by atoms with Gasteiger partial charge < -0.3 is 10.0 Å². The summed E-state index contributed by atoms with van der Waals surface area (Å²) in [6.07, 6.45) is 5.44. The number of hydrogen-bond donors (Lipinski definition) is 2. The maximum absolute atomic E-state index is 11.1. The first-order valence-electron chi connectivity index (χ1n) is 5.57. The summed E-state index contributed by atoms with van der Waals surface area (Å²) in [5, 5.41) is 16.3. The van der Waals surface area contributed by atoms with Gasteiger partial charge in [0, 0.05) is 19.7 Å². The molecule has 1 saturated carbocycles. The molecule has 1 aromatic rings. The predicted octanol–water partition coefficient (Wildman–Crippen LogP) is 0.511. The van der Waals surface area contributed by atoms with Crippen molar-refractivity contribution in [3.8, 4) is 0 Å². The number of aromatic nitrogens is 2. The van der Waals surface area contributed by atoms with E-state index < -0.39 is 5.60 Å². The minimum atomic E-state index is -0.600. The summed E-state index contributed by atoms with van der Waals surface area (Å²) in [4.78, 5) is 13.0. The molecule has 0 unspecified atom stereocenters. The first kappa shape index (κ1) is 11.1. The van der Waals surface area contributed by atoms with Crippen LogP contribution in [0.5, 0.6) is 0 Å². The molecule has 2 N–H and O–H groups in total. The second kappa shape index (κ2) is 4.25. The van der Waals surface area contributed by atoms with E-state index in [1.54, 1.807) is 6.20 Å². The third-order valence-corrected chi connectivity index (χ3v) is 3.16. The highest BCUT2D eigenvalue weighted by molar-refractivity contribution is 5.42. The molecule has 1 aromatic heterocycles. The Labute approximate surface area is 94.1 Å². The van der Waals surface area contributed by atoms with E-state index in [2.05, 4.69) is 10.2 Å². The molecule has 1 aliphatic rings. The van der Waals surface area contributed by atoms with E-state index >= 15 is 0 Å². The molecule has 16 heavy (non-hydrogen) atoms. The Kier molecular flexibility index (Phi) is 2.96. The predicted molar refractivity (Wildman–Crippen MR) is 61.5 cm³/mol. The number of nitrogens with zero attached hydrogens (tertiary/aromatic N) is 2. The standard InChI is InChI=1S/C11H17N3O2/c1-14(8-11(16)4-2-3-5-11)9-6-10(15)13-12-7-9/h6-7,16H,2-5,8H2,1H3,(H,13,15). The summed E-state index contributed by atoms with van der Waals surface area (Å²) in [6, 6.07) is 1.49. The first-order valence-corrected chi connectivity index (χ1v) is 5.57. The molecule has 0 aliphatic heterocycles. The lowest BCUT2D eigenvalue weighted by Gasteiger charge is -2.29. The maximum Gasteiger partial charge on any atom is 0.266 e. The molecule has 5 nitrogen and oxygen atoms in total. The third kappa shape index (κ3) is 2.41. The smallest absolute Gasteiger partial charge is 0.266 e. The fourth-order valence-electron chi connectivity index (χ4n) is 2.30. The molecule has 0 spiro atoms. The number of hydrogen-bond acceptors (Lipinski definition) is 4. The van der Waals surface area contributed by atoms with Crippen molar-refractivity contribution < 1.29 is 5.11 Å². The number of aliphatic hydroxyl groups is 1. The van der Waals surface area contributed by atoms with Gasteiger partial charge in [0.15, 0.2) is 0 Å². The van der Waals surface area contributed by atoms with Crippen molar-refractivity contribution in [2.75, 3.05) is 18.5 Å². The van der Waals surface area contributed by atoms with Gasteiger partial charge >= 0.3 is 0 Å². The Morgan fingerprint density at radius 3 is 2.88 bits per heavy atom. The van der Waals surface area contributed by atoms with Crippen molar-refractivity contribution in [1.29, 1.82) is 0 Å². The van der Waals surface area contributed by atoms with Crippen LogP contribution in [-0.4, -0.2) is 34.5 Å². The van der Waals surface area contributed by atoms with Gasteiger partial charge in [-0.05, 0) is 12.8 Å². The van der Waals surface area contributed by atoms with Gasteiger partial charge in [-0.1, -0.05) is 12.8 Å². The highest BCUT2D eigenvalue weighted by Crippen LogP contribution is 2.30. The highest BCUT2D eigenvalue weighted by Gasteiger charge is 2.32. The number of likely N-dealkylation sites (N-methyl/N-ethyl adjacent to an activating group) is 1. The number of anilines is 1. The Morgan fingerprint density at radius 2 is 2.25 bits per heavy atom. The van der Waals surface area contributed by atoms with Crippen LogP contribution in [-0.2, 0) is 0 Å². The van der Waals surface area contributed by atoms with Crippen molar-refractivity contribution >= 4 is 5.69 Å². The molecular formula is C11H17N3O2. The molecule has 1 heterocycles. The molecule has 0 aromatic carbocycles. The van der Waals surface area contributed by atoms with E-state index in [9.17, 15) is 9.90 Å². The number of H-pyrrole nitrogens is 1. The maximum atomic E-state index is 11.1. The van der Waals surface area contributed by atoms with E-state index in [1.807, 2.05) is 11.9 Å². The lowest BCUT2D eigenvalue weighted by atomic mass is 10.0. The van der Waals surface area contributed by atoms with Crippen LogP contribution in [0, 0.1) is 0 Å². The quantitative estimate of drug-likeness (QED) is 0.783. The van der Waals surface area contributed by atoms with E-state index in [-0.39, 0.29) is 5.56 Å². The topological polar surface area (TPSA) is 69.2 Å². The van der Waals surface area contributed by atoms with Crippen molar-refractivity contribution in [3.05, 3.63) is 22.6 Å². The van der Waals surface area contributed by atoms with Crippen LogP contribution in [0.15, 0.2) is 17.1 Å². The van der Waals surface area contributed by atoms with Gasteiger partial charge in [-0.25, -0.2) is 5.10 Å². The average Bonchev–Trinajstić information content (AvgIpc) is 2.65. The second-order valence-electron chi connectivity index (χ2n) is 4.59. The van der Waals surface area contributed by atoms with Gasteiger partial charge in [-0.2, -0.15) is 5.10 Å². The molecule has 0 radical (unpaired) electrons. The monoisotopic (exact) mass is 223 g/mol. The fraction of sp³-hybridized carbons (Fsp3) is 0.636. The summed E-state index contributed by atoms with van der Waals surface area (Å²) in [5.74, 6) is 0. The van der Waals surface area contributed by atoms with Gasteiger partial charge in [0.2, 0.25) is 0 Å². The van der Waals surface area contributed by atoms with E-state index in [0.717, 1.165) is 31.4 Å².